The van der Waals surface area contributed by atoms with Crippen LogP contribution >= 0.6 is 36.6 Å². The Kier molecular flexibility index (Phi) is 9.03. The number of imidazole rings is 2. The van der Waals surface area contributed by atoms with Gasteiger partial charge in [0.1, 0.15) is 23.1 Å². The number of ether oxygens (including phenoxy) is 2. The summed E-state index contributed by atoms with van der Waals surface area (Å²) >= 11 is 1.03. The number of H-pyrrole nitrogens is 1. The van der Waals surface area contributed by atoms with Crippen molar-refractivity contribution >= 4 is 58.8 Å². The molecule has 2 amide bonds. The van der Waals surface area contributed by atoms with E-state index in [0.29, 0.717) is 23.7 Å². The number of nitrogens with zero attached hydrogens (tertiary/aromatic N) is 3. The number of fused-ring (bicyclic) bond motifs is 1. The number of halogens is 2. The van der Waals surface area contributed by atoms with Crippen LogP contribution in [0.3, 0.4) is 0 Å². The van der Waals surface area contributed by atoms with E-state index in [1.54, 1.807) is 12.5 Å². The number of rotatable bonds is 8. The summed E-state index contributed by atoms with van der Waals surface area (Å²) < 4.78 is 14.1. The lowest BCUT2D eigenvalue weighted by molar-refractivity contribution is -0.118. The lowest BCUT2D eigenvalue weighted by Crippen LogP contribution is -2.25. The second-order valence-electron chi connectivity index (χ2n) is 8.86. The number of thioether (sulfide) groups is 1. The molecule has 5 aromatic rings. The van der Waals surface area contributed by atoms with Crippen molar-refractivity contribution in [2.45, 2.75) is 24.7 Å². The fourth-order valence-electron chi connectivity index (χ4n) is 4.20. The van der Waals surface area contributed by atoms with Gasteiger partial charge in [-0.25, -0.2) is 9.97 Å². The van der Waals surface area contributed by atoms with Gasteiger partial charge in [0.05, 0.1) is 22.6 Å². The Balaban J connectivity index is 0.00000185. The molecule has 2 aromatic heterocycles. The van der Waals surface area contributed by atoms with Crippen LogP contribution in [-0.2, 0) is 11.2 Å². The van der Waals surface area contributed by atoms with Gasteiger partial charge >= 0.3 is 0 Å². The standard InChI is InChI=1S/C28H23N5O4S.2ClH/c1-17(36-20-6-2-18(3-7-20)14-25-27(34)32-28(35)38-25)26-30-23-11-10-22(15-24(23)31-26)37-21-8-4-19(5-9-21)33-13-12-29-16-33;;/h2-13,15-17,25H,14H2,1H3,(H,30,31)(H,32,34,35);2*1H. The van der Waals surface area contributed by atoms with Crippen molar-refractivity contribution in [2.24, 2.45) is 0 Å². The summed E-state index contributed by atoms with van der Waals surface area (Å²) in [5, 5.41) is 1.63. The number of hydrogen-bond acceptors (Lipinski definition) is 7. The predicted octanol–water partition coefficient (Wildman–Crippen LogP) is 6.42. The highest BCUT2D eigenvalue weighted by molar-refractivity contribution is 8.15. The Labute approximate surface area is 246 Å². The van der Waals surface area contributed by atoms with Crippen molar-refractivity contribution in [1.29, 1.82) is 0 Å². The van der Waals surface area contributed by atoms with Gasteiger partial charge in [-0.3, -0.25) is 14.9 Å². The summed E-state index contributed by atoms with van der Waals surface area (Å²) in [6.07, 6.45) is 5.55. The van der Waals surface area contributed by atoms with Crippen LogP contribution in [0.25, 0.3) is 16.7 Å². The average molecular weight is 599 g/mol. The van der Waals surface area contributed by atoms with Crippen molar-refractivity contribution in [2.75, 3.05) is 0 Å². The zero-order chi connectivity index (χ0) is 26.1. The smallest absolute Gasteiger partial charge is 0.286 e. The first-order chi connectivity index (χ1) is 18.5. The number of amides is 2. The molecule has 1 aliphatic rings. The Morgan fingerprint density at radius 1 is 0.975 bits per heavy atom. The number of aromatic amines is 1. The van der Waals surface area contributed by atoms with Gasteiger partial charge in [0.2, 0.25) is 5.91 Å². The van der Waals surface area contributed by atoms with Crippen LogP contribution in [0.5, 0.6) is 17.2 Å². The molecule has 1 fully saturated rings. The maximum Gasteiger partial charge on any atom is 0.286 e. The molecule has 1 aliphatic heterocycles. The molecular weight excluding hydrogens is 573 g/mol. The fraction of sp³-hybridized carbons (Fsp3) is 0.143. The molecule has 2 N–H and O–H groups in total. The normalized spacial score (nSPS) is 15.2. The molecule has 40 heavy (non-hydrogen) atoms. The average Bonchev–Trinajstić information content (AvgIpc) is 3.66. The molecular formula is C28H25Cl2N5O4S. The zero-order valence-corrected chi connectivity index (χ0v) is 23.6. The van der Waals surface area contributed by atoms with E-state index in [4.69, 9.17) is 9.47 Å². The number of benzene rings is 3. The van der Waals surface area contributed by atoms with Gasteiger partial charge < -0.3 is 19.0 Å². The molecule has 0 spiro atoms. The maximum atomic E-state index is 11.8. The SMILES string of the molecule is CC(Oc1ccc(CC2SC(=O)NC2=O)cc1)c1nc2ccc(Oc3ccc(-n4ccnc4)cc3)cc2[nH]1.Cl.Cl. The Morgan fingerprint density at radius 2 is 1.70 bits per heavy atom. The molecule has 0 aliphatic carbocycles. The number of hydrogen-bond donors (Lipinski definition) is 2. The van der Waals surface area contributed by atoms with E-state index in [2.05, 4.69) is 20.3 Å². The van der Waals surface area contributed by atoms with Crippen LogP contribution < -0.4 is 14.8 Å². The van der Waals surface area contributed by atoms with E-state index < -0.39 is 0 Å². The van der Waals surface area contributed by atoms with E-state index in [1.807, 2.05) is 84.4 Å². The molecule has 0 saturated carbocycles. The van der Waals surface area contributed by atoms with Gasteiger partial charge in [0.25, 0.3) is 5.24 Å². The minimum Gasteiger partial charge on any atom is -0.483 e. The van der Waals surface area contributed by atoms with Crippen LogP contribution in [0.1, 0.15) is 24.4 Å². The topological polar surface area (TPSA) is 111 Å². The molecule has 206 valence electrons. The molecule has 0 bridgehead atoms. The number of carbonyl (C=O) groups is 2. The second-order valence-corrected chi connectivity index (χ2v) is 10.0. The van der Waals surface area contributed by atoms with Gasteiger partial charge in [-0.05, 0) is 67.4 Å². The second kappa shape index (κ2) is 12.5. The minimum atomic E-state index is -0.390. The molecule has 2 unspecified atom stereocenters. The fourth-order valence-corrected chi connectivity index (χ4v) is 5.06. The van der Waals surface area contributed by atoms with Gasteiger partial charge in [-0.2, -0.15) is 0 Å². The van der Waals surface area contributed by atoms with Crippen molar-refractivity contribution in [3.8, 4) is 22.9 Å². The molecule has 0 radical (unpaired) electrons. The first-order valence-corrected chi connectivity index (χ1v) is 12.9. The largest absolute Gasteiger partial charge is 0.483 e. The van der Waals surface area contributed by atoms with Crippen LogP contribution in [0.2, 0.25) is 0 Å². The summed E-state index contributed by atoms with van der Waals surface area (Å²) in [7, 11) is 0. The van der Waals surface area contributed by atoms with Crippen molar-refractivity contribution in [1.82, 2.24) is 24.8 Å². The molecule has 1 saturated heterocycles. The quantitative estimate of drug-likeness (QED) is 0.212. The highest BCUT2D eigenvalue weighted by atomic mass is 35.5. The van der Waals surface area contributed by atoms with E-state index >= 15 is 0 Å². The van der Waals surface area contributed by atoms with Gasteiger partial charge in [0.15, 0.2) is 6.10 Å². The molecule has 6 rings (SSSR count). The molecule has 3 heterocycles. The summed E-state index contributed by atoms with van der Waals surface area (Å²) in [5.41, 5.74) is 3.62. The number of carbonyl (C=O) groups excluding carboxylic acids is 2. The van der Waals surface area contributed by atoms with Crippen LogP contribution in [0.15, 0.2) is 85.5 Å². The maximum absolute atomic E-state index is 11.8. The lowest BCUT2D eigenvalue weighted by Gasteiger charge is -2.13. The monoisotopic (exact) mass is 597 g/mol. The highest BCUT2D eigenvalue weighted by Gasteiger charge is 2.31. The molecule has 3 aromatic carbocycles. The van der Waals surface area contributed by atoms with Crippen LogP contribution in [-0.4, -0.2) is 35.9 Å². The van der Waals surface area contributed by atoms with E-state index in [9.17, 15) is 9.59 Å². The molecule has 12 heteroatoms. The van der Waals surface area contributed by atoms with Crippen LogP contribution in [0.4, 0.5) is 4.79 Å². The van der Waals surface area contributed by atoms with Crippen molar-refractivity contribution in [3.63, 3.8) is 0 Å². The van der Waals surface area contributed by atoms with E-state index in [1.165, 1.54) is 0 Å². The third kappa shape index (κ3) is 6.41. The van der Waals surface area contributed by atoms with Crippen LogP contribution in [0, 0.1) is 0 Å². The van der Waals surface area contributed by atoms with Gasteiger partial charge in [0, 0.05) is 24.1 Å². The summed E-state index contributed by atoms with van der Waals surface area (Å²) in [4.78, 5) is 35.2. The summed E-state index contributed by atoms with van der Waals surface area (Å²) in [6.45, 7) is 1.93. The van der Waals surface area contributed by atoms with Crippen molar-refractivity contribution < 1.29 is 19.1 Å². The van der Waals surface area contributed by atoms with E-state index in [0.717, 1.165) is 39.8 Å². The van der Waals surface area contributed by atoms with Gasteiger partial charge in [-0.15, -0.1) is 24.8 Å². The van der Waals surface area contributed by atoms with Gasteiger partial charge in [-0.1, -0.05) is 23.9 Å². The Hall–Kier alpha value is -3.99. The number of nitrogens with one attached hydrogen (secondary N) is 2. The third-order valence-electron chi connectivity index (χ3n) is 6.16. The summed E-state index contributed by atoms with van der Waals surface area (Å²) in [6, 6.07) is 21.0. The predicted molar refractivity (Wildman–Crippen MR) is 158 cm³/mol. The number of aromatic nitrogens is 4. The first kappa shape index (κ1) is 29.0. The lowest BCUT2D eigenvalue weighted by atomic mass is 10.1. The minimum absolute atomic E-state index is 0. The molecule has 2 atom stereocenters. The number of imide groups is 1. The first-order valence-electron chi connectivity index (χ1n) is 12.0. The van der Waals surface area contributed by atoms with E-state index in [-0.39, 0.29) is 47.3 Å². The Morgan fingerprint density at radius 3 is 2.38 bits per heavy atom. The highest BCUT2D eigenvalue weighted by Crippen LogP contribution is 2.29. The third-order valence-corrected chi connectivity index (χ3v) is 7.14. The molecule has 9 nitrogen and oxygen atoms in total. The zero-order valence-electron chi connectivity index (χ0n) is 21.1. The van der Waals surface area contributed by atoms with Crippen molar-refractivity contribution in [3.05, 3.63) is 96.8 Å². The summed E-state index contributed by atoms with van der Waals surface area (Å²) in [5.74, 6) is 2.57. The Bertz CT molecular complexity index is 1610.